The average molecular weight is 759 g/mol. The molecule has 6 nitrogen and oxygen atoms in total. The Morgan fingerprint density at radius 3 is 1.51 bits per heavy atom. The lowest BCUT2D eigenvalue weighted by Gasteiger charge is -2.26. The summed E-state index contributed by atoms with van der Waals surface area (Å²) < 4.78 is 16.7. The molecule has 0 bridgehead atoms. The van der Waals surface area contributed by atoms with Crippen molar-refractivity contribution in [1.82, 2.24) is 0 Å². The van der Waals surface area contributed by atoms with Crippen LogP contribution in [0, 0.1) is 38.5 Å². The molecular weight excluding hydrogens is 701 g/mol. The first kappa shape index (κ1) is 40.6. The van der Waals surface area contributed by atoms with Gasteiger partial charge in [0, 0.05) is 19.5 Å². The minimum absolute atomic E-state index is 0.0299. The molecule has 2 aromatic carbocycles. The van der Waals surface area contributed by atoms with Gasteiger partial charge in [0.2, 0.25) is 0 Å². The van der Waals surface area contributed by atoms with Crippen LogP contribution in [0.2, 0.25) is 0 Å². The molecule has 2 aromatic heterocycles. The van der Waals surface area contributed by atoms with Crippen LogP contribution in [-0.4, -0.2) is 37.4 Å². The molecule has 4 heterocycles. The standard InChI is InChI=1S/C23H30O3S.C22H28O3S/c1-14-20(17-9-10-19-16(12-17)8-7-11-26-19)21(15(2)27-14)18(22(24)25-6)13-23(3,4)5;1-13-19(16-8-9-18-15(11-16)7-6-10-25-18)20(14(2)26-13)17(21(23)24)12-22(3,4)5/h9-10,12,18H,7-8,11,13H2,1-6H3;8-9,11,17H,6-7,10,12H2,1-5H3,(H,23,24). The molecule has 4 aromatic rings. The number of ether oxygens (including phenoxy) is 3. The Hall–Kier alpha value is -3.62. The molecule has 0 amide bonds. The Bertz CT molecular complexity index is 1950. The van der Waals surface area contributed by atoms with E-state index in [0.717, 1.165) is 83.9 Å². The third-order valence-corrected chi connectivity index (χ3v) is 12.2. The minimum Gasteiger partial charge on any atom is -0.493 e. The predicted molar refractivity (Wildman–Crippen MR) is 219 cm³/mol. The number of carbonyl (C=O) groups excluding carboxylic acids is 1. The SMILES string of the molecule is COC(=O)C(CC(C)(C)C)c1c(C)sc(C)c1-c1ccc2c(c1)CCCO2.Cc1sc(C)c(C(CC(C)(C)C)C(=O)O)c1-c1ccc2c(c1)CCCO2. The van der Waals surface area contributed by atoms with Gasteiger partial charge in [-0.2, -0.15) is 0 Å². The topological polar surface area (TPSA) is 82.1 Å². The van der Waals surface area contributed by atoms with Crippen molar-refractivity contribution < 1.29 is 28.9 Å². The monoisotopic (exact) mass is 758 g/mol. The second kappa shape index (κ2) is 16.4. The molecule has 8 heteroatoms. The Morgan fingerprint density at radius 2 is 1.11 bits per heavy atom. The molecule has 2 aliphatic heterocycles. The summed E-state index contributed by atoms with van der Waals surface area (Å²) in [6, 6.07) is 12.8. The van der Waals surface area contributed by atoms with Crippen LogP contribution in [0.5, 0.6) is 11.5 Å². The molecule has 53 heavy (non-hydrogen) atoms. The summed E-state index contributed by atoms with van der Waals surface area (Å²) in [5.74, 6) is 0.354. The van der Waals surface area contributed by atoms with Gasteiger partial charge < -0.3 is 19.3 Å². The number of carboxylic acids is 1. The van der Waals surface area contributed by atoms with Crippen LogP contribution in [0.1, 0.15) is 121 Å². The maximum atomic E-state index is 12.7. The number of methoxy groups -OCH3 is 1. The highest BCUT2D eigenvalue weighted by atomic mass is 32.1. The Labute approximate surface area is 324 Å². The maximum Gasteiger partial charge on any atom is 0.313 e. The van der Waals surface area contributed by atoms with Gasteiger partial charge in [0.25, 0.3) is 0 Å². The summed E-state index contributed by atoms with van der Waals surface area (Å²) in [6.45, 7) is 22.8. The summed E-state index contributed by atoms with van der Waals surface area (Å²) in [5, 5.41) is 9.97. The van der Waals surface area contributed by atoms with Crippen molar-refractivity contribution in [3.8, 4) is 33.8 Å². The Morgan fingerprint density at radius 1 is 0.698 bits per heavy atom. The third-order valence-electron chi connectivity index (χ3n) is 10.1. The fourth-order valence-electron chi connectivity index (χ4n) is 7.97. The molecule has 2 aliphatic rings. The van der Waals surface area contributed by atoms with Crippen LogP contribution in [-0.2, 0) is 27.2 Å². The van der Waals surface area contributed by atoms with Crippen LogP contribution in [0.15, 0.2) is 36.4 Å². The van der Waals surface area contributed by atoms with Crippen molar-refractivity contribution in [2.24, 2.45) is 10.8 Å². The summed E-state index contributed by atoms with van der Waals surface area (Å²) >= 11 is 3.48. The van der Waals surface area contributed by atoms with E-state index >= 15 is 0 Å². The Kier molecular flexibility index (Phi) is 12.6. The fourth-order valence-corrected chi connectivity index (χ4v) is 10.3. The molecule has 0 saturated carbocycles. The Balaban J connectivity index is 0.000000204. The number of carbonyl (C=O) groups is 2. The average Bonchev–Trinajstić information content (AvgIpc) is 3.56. The van der Waals surface area contributed by atoms with Gasteiger partial charge in [-0.15, -0.1) is 22.7 Å². The van der Waals surface area contributed by atoms with Crippen molar-refractivity contribution in [2.45, 2.75) is 120 Å². The van der Waals surface area contributed by atoms with E-state index < -0.39 is 11.9 Å². The van der Waals surface area contributed by atoms with Crippen LogP contribution >= 0.6 is 22.7 Å². The van der Waals surface area contributed by atoms with Gasteiger partial charge >= 0.3 is 11.9 Å². The van der Waals surface area contributed by atoms with Gasteiger partial charge in [-0.05, 0) is 146 Å². The van der Waals surface area contributed by atoms with Gasteiger partial charge in [0.1, 0.15) is 11.5 Å². The molecule has 6 rings (SSSR count). The maximum absolute atomic E-state index is 12.7. The van der Waals surface area contributed by atoms with E-state index in [2.05, 4.69) is 99.6 Å². The number of fused-ring (bicyclic) bond motifs is 2. The van der Waals surface area contributed by atoms with E-state index in [0.29, 0.717) is 6.42 Å². The van der Waals surface area contributed by atoms with Crippen LogP contribution < -0.4 is 9.47 Å². The van der Waals surface area contributed by atoms with Crippen LogP contribution in [0.25, 0.3) is 22.3 Å². The van der Waals surface area contributed by atoms with E-state index in [1.54, 1.807) is 22.7 Å². The van der Waals surface area contributed by atoms with Crippen LogP contribution in [0.3, 0.4) is 0 Å². The van der Waals surface area contributed by atoms with Gasteiger partial charge in [-0.3, -0.25) is 9.59 Å². The smallest absolute Gasteiger partial charge is 0.313 e. The zero-order valence-electron chi connectivity index (χ0n) is 33.6. The third kappa shape index (κ3) is 9.55. The van der Waals surface area contributed by atoms with Crippen molar-refractivity contribution in [1.29, 1.82) is 0 Å². The summed E-state index contributed by atoms with van der Waals surface area (Å²) in [5.41, 5.74) is 9.20. The molecule has 0 saturated heterocycles. The quantitative estimate of drug-likeness (QED) is 0.180. The highest BCUT2D eigenvalue weighted by molar-refractivity contribution is 7.13. The van der Waals surface area contributed by atoms with Gasteiger partial charge in [0.05, 0.1) is 32.2 Å². The molecule has 0 fully saturated rings. The normalized spacial score (nSPS) is 15.2. The van der Waals surface area contributed by atoms with E-state index in [9.17, 15) is 14.7 Å². The molecule has 1 N–H and O–H groups in total. The number of rotatable bonds is 8. The first-order valence-electron chi connectivity index (χ1n) is 18.9. The van der Waals surface area contributed by atoms with E-state index in [-0.39, 0.29) is 22.7 Å². The van der Waals surface area contributed by atoms with E-state index in [1.807, 2.05) is 6.07 Å². The number of hydrogen-bond donors (Lipinski definition) is 1. The zero-order chi connectivity index (χ0) is 38.8. The van der Waals surface area contributed by atoms with Gasteiger partial charge in [0.15, 0.2) is 0 Å². The molecule has 286 valence electrons. The lowest BCUT2D eigenvalue weighted by atomic mass is 9.79. The lowest BCUT2D eigenvalue weighted by molar-refractivity contribution is -0.143. The fraction of sp³-hybridized carbons (Fsp3) is 0.511. The molecule has 2 atom stereocenters. The summed E-state index contributed by atoms with van der Waals surface area (Å²) in [7, 11) is 1.49. The van der Waals surface area contributed by atoms with Gasteiger partial charge in [-0.25, -0.2) is 0 Å². The first-order valence-corrected chi connectivity index (χ1v) is 20.5. The number of hydrogen-bond acceptors (Lipinski definition) is 7. The van der Waals surface area contributed by atoms with Crippen molar-refractivity contribution in [3.05, 3.63) is 78.2 Å². The molecule has 2 unspecified atom stereocenters. The molecular formula is C45H58O6S2. The lowest BCUT2D eigenvalue weighted by Crippen LogP contribution is -2.21. The second-order valence-corrected chi connectivity index (χ2v) is 19.9. The number of aryl methyl sites for hydroxylation is 6. The second-order valence-electron chi connectivity index (χ2n) is 17.1. The minimum atomic E-state index is -0.733. The molecule has 0 aliphatic carbocycles. The zero-order valence-corrected chi connectivity index (χ0v) is 35.2. The van der Waals surface area contributed by atoms with Crippen molar-refractivity contribution >= 4 is 34.6 Å². The predicted octanol–water partition coefficient (Wildman–Crippen LogP) is 12.0. The summed E-state index contributed by atoms with van der Waals surface area (Å²) in [4.78, 5) is 29.6. The van der Waals surface area contributed by atoms with Crippen molar-refractivity contribution in [3.63, 3.8) is 0 Å². The number of benzene rings is 2. The number of carboxylic acid groups (broad SMARTS) is 1. The highest BCUT2D eigenvalue weighted by Gasteiger charge is 2.34. The molecule has 0 radical (unpaired) electrons. The van der Waals surface area contributed by atoms with E-state index in [4.69, 9.17) is 14.2 Å². The highest BCUT2D eigenvalue weighted by Crippen LogP contribution is 2.47. The summed E-state index contributed by atoms with van der Waals surface area (Å²) in [6.07, 6.45) is 5.54. The van der Waals surface area contributed by atoms with Crippen molar-refractivity contribution in [2.75, 3.05) is 20.3 Å². The number of esters is 1. The van der Waals surface area contributed by atoms with E-state index in [1.165, 1.54) is 44.0 Å². The number of aliphatic carboxylic acids is 1. The van der Waals surface area contributed by atoms with Gasteiger partial charge in [-0.1, -0.05) is 53.7 Å². The van der Waals surface area contributed by atoms with Crippen LogP contribution in [0.4, 0.5) is 0 Å². The largest absolute Gasteiger partial charge is 0.493 e. The number of thiophene rings is 2. The molecule has 0 spiro atoms. The first-order chi connectivity index (χ1) is 24.9.